The Hall–Kier alpha value is -0.170. The van der Waals surface area contributed by atoms with Gasteiger partial charge in [-0.05, 0) is 32.7 Å². The van der Waals surface area contributed by atoms with E-state index in [0.29, 0.717) is 32.2 Å². The van der Waals surface area contributed by atoms with Gasteiger partial charge in [0.15, 0.2) is 0 Å². The molecule has 1 aliphatic heterocycles. The van der Waals surface area contributed by atoms with E-state index in [0.717, 1.165) is 12.8 Å². The highest BCUT2D eigenvalue weighted by Gasteiger charge is 2.32. The third-order valence-electron chi connectivity index (χ3n) is 3.24. The fourth-order valence-corrected chi connectivity index (χ4v) is 3.97. The molecule has 0 aromatic carbocycles. The van der Waals surface area contributed by atoms with Crippen molar-refractivity contribution in [2.45, 2.75) is 25.0 Å². The minimum atomic E-state index is -3.16. The van der Waals surface area contributed by atoms with Gasteiger partial charge in [-0.25, -0.2) is 12.7 Å². The molecule has 0 saturated carbocycles. The second kappa shape index (κ2) is 6.68. The summed E-state index contributed by atoms with van der Waals surface area (Å²) in [5.74, 6) is 0.338. The largest absolute Gasteiger partial charge is 0.384 e. The number of ether oxygens (including phenoxy) is 1. The molecule has 0 aliphatic carbocycles. The fourth-order valence-electron chi connectivity index (χ4n) is 2.28. The van der Waals surface area contributed by atoms with Crippen LogP contribution >= 0.6 is 0 Å². The molecular formula is C11H24N2O3S. The van der Waals surface area contributed by atoms with Crippen LogP contribution in [0.5, 0.6) is 0 Å². The number of nitrogens with zero attached hydrogens (tertiary/aromatic N) is 1. The third kappa shape index (κ3) is 3.91. The number of piperidine rings is 1. The molecule has 102 valence electrons. The van der Waals surface area contributed by atoms with Gasteiger partial charge in [-0.15, -0.1) is 0 Å². The molecule has 2 atom stereocenters. The van der Waals surface area contributed by atoms with Crippen LogP contribution in [0.3, 0.4) is 0 Å². The molecular weight excluding hydrogens is 240 g/mol. The number of rotatable bonds is 6. The summed E-state index contributed by atoms with van der Waals surface area (Å²) < 4.78 is 31.3. The van der Waals surface area contributed by atoms with Gasteiger partial charge in [-0.1, -0.05) is 0 Å². The topological polar surface area (TPSA) is 58.6 Å². The van der Waals surface area contributed by atoms with Gasteiger partial charge in [-0.2, -0.15) is 0 Å². The molecule has 2 unspecified atom stereocenters. The lowest BCUT2D eigenvalue weighted by Gasteiger charge is -2.33. The van der Waals surface area contributed by atoms with E-state index in [2.05, 4.69) is 5.32 Å². The maximum absolute atomic E-state index is 12.3. The number of hydrogen-bond acceptors (Lipinski definition) is 4. The molecule has 6 heteroatoms. The molecule has 0 aromatic rings. The van der Waals surface area contributed by atoms with Crippen LogP contribution in [0.4, 0.5) is 0 Å². The zero-order valence-electron chi connectivity index (χ0n) is 11.0. The first-order valence-electron chi connectivity index (χ1n) is 6.14. The fraction of sp³-hybridized carbons (Fsp3) is 1.00. The predicted octanol–water partition coefficient (Wildman–Crippen LogP) is 0.282. The van der Waals surface area contributed by atoms with Gasteiger partial charge in [0.05, 0.1) is 11.9 Å². The van der Waals surface area contributed by atoms with Gasteiger partial charge in [0, 0.05) is 26.7 Å². The molecule has 1 fully saturated rings. The first-order chi connectivity index (χ1) is 8.02. The van der Waals surface area contributed by atoms with E-state index in [4.69, 9.17) is 4.74 Å². The molecule has 5 nitrogen and oxygen atoms in total. The quantitative estimate of drug-likeness (QED) is 0.749. The average Bonchev–Trinajstić information content (AvgIpc) is 2.30. The average molecular weight is 264 g/mol. The van der Waals surface area contributed by atoms with E-state index < -0.39 is 10.0 Å². The van der Waals surface area contributed by atoms with Gasteiger partial charge in [0.2, 0.25) is 10.0 Å². The van der Waals surface area contributed by atoms with E-state index in [9.17, 15) is 8.42 Å². The monoisotopic (exact) mass is 264 g/mol. The number of sulfonamides is 1. The van der Waals surface area contributed by atoms with Gasteiger partial charge in [0.1, 0.15) is 0 Å². The zero-order valence-corrected chi connectivity index (χ0v) is 11.8. The van der Waals surface area contributed by atoms with E-state index in [1.165, 1.54) is 0 Å². The summed E-state index contributed by atoms with van der Waals surface area (Å²) in [5.41, 5.74) is 0. The molecule has 1 aliphatic rings. The molecule has 1 N–H and O–H groups in total. The van der Waals surface area contributed by atoms with E-state index in [1.807, 2.05) is 0 Å². The lowest BCUT2D eigenvalue weighted by Crippen LogP contribution is -2.46. The normalized spacial score (nSPS) is 24.8. The van der Waals surface area contributed by atoms with E-state index in [1.54, 1.807) is 25.4 Å². The van der Waals surface area contributed by atoms with Crippen LogP contribution in [0.2, 0.25) is 0 Å². The highest BCUT2D eigenvalue weighted by molar-refractivity contribution is 7.89. The highest BCUT2D eigenvalue weighted by Crippen LogP contribution is 2.21. The molecule has 0 aromatic heterocycles. The molecule has 1 saturated heterocycles. The van der Waals surface area contributed by atoms with Crippen molar-refractivity contribution in [2.75, 3.05) is 40.4 Å². The second-order valence-corrected chi connectivity index (χ2v) is 7.09. The zero-order chi connectivity index (χ0) is 12.9. The summed E-state index contributed by atoms with van der Waals surface area (Å²) in [4.78, 5) is 0. The number of nitrogens with one attached hydrogen (secondary N) is 1. The molecule has 1 heterocycles. The Morgan fingerprint density at radius 3 is 2.82 bits per heavy atom. The first kappa shape index (κ1) is 14.9. The van der Waals surface area contributed by atoms with Crippen LogP contribution in [0.25, 0.3) is 0 Å². The highest BCUT2D eigenvalue weighted by atomic mass is 32.2. The molecule has 0 radical (unpaired) electrons. The summed E-state index contributed by atoms with van der Waals surface area (Å²) in [6.07, 6.45) is 1.99. The predicted molar refractivity (Wildman–Crippen MR) is 68.5 cm³/mol. The minimum Gasteiger partial charge on any atom is -0.384 e. The molecule has 17 heavy (non-hydrogen) atoms. The van der Waals surface area contributed by atoms with Crippen molar-refractivity contribution in [1.29, 1.82) is 0 Å². The van der Waals surface area contributed by atoms with Gasteiger partial charge in [-0.3, -0.25) is 0 Å². The summed E-state index contributed by atoms with van der Waals surface area (Å²) in [6, 6.07) is 0. The van der Waals surface area contributed by atoms with Crippen molar-refractivity contribution in [3.05, 3.63) is 0 Å². The van der Waals surface area contributed by atoms with Crippen molar-refractivity contribution in [1.82, 2.24) is 9.62 Å². The Balaban J connectivity index is 2.64. The summed E-state index contributed by atoms with van der Waals surface area (Å²) in [5, 5.41) is 2.55. The van der Waals surface area contributed by atoms with Crippen molar-refractivity contribution in [3.63, 3.8) is 0 Å². The van der Waals surface area contributed by atoms with Crippen molar-refractivity contribution < 1.29 is 13.2 Å². The van der Waals surface area contributed by atoms with Crippen LogP contribution in [0.15, 0.2) is 0 Å². The van der Waals surface area contributed by atoms with E-state index in [-0.39, 0.29) is 5.25 Å². The third-order valence-corrected chi connectivity index (χ3v) is 5.48. The molecule has 0 amide bonds. The van der Waals surface area contributed by atoms with Crippen molar-refractivity contribution in [3.8, 4) is 0 Å². The Morgan fingerprint density at radius 2 is 2.24 bits per heavy atom. The lowest BCUT2D eigenvalue weighted by molar-refractivity contribution is 0.118. The minimum absolute atomic E-state index is 0.338. The van der Waals surface area contributed by atoms with Gasteiger partial charge in [0.25, 0.3) is 0 Å². The van der Waals surface area contributed by atoms with Gasteiger partial charge >= 0.3 is 0 Å². The molecule has 1 rings (SSSR count). The SMILES string of the molecule is CNCC(C)S(=O)(=O)N1CCCC(COC)C1. The van der Waals surface area contributed by atoms with Gasteiger partial charge < -0.3 is 10.1 Å². The number of methoxy groups -OCH3 is 1. The Bertz CT molecular complexity index is 317. The van der Waals surface area contributed by atoms with Crippen LogP contribution in [-0.2, 0) is 14.8 Å². The maximum atomic E-state index is 12.3. The standard InChI is InChI=1S/C11H24N2O3S/c1-10(7-12-2)17(14,15)13-6-4-5-11(8-13)9-16-3/h10-12H,4-9H2,1-3H3. The van der Waals surface area contributed by atoms with Crippen LogP contribution < -0.4 is 5.32 Å². The Kier molecular flexibility index (Phi) is 5.85. The van der Waals surface area contributed by atoms with Crippen LogP contribution in [0, 0.1) is 5.92 Å². The summed E-state index contributed by atoms with van der Waals surface area (Å²) in [7, 11) is 0.277. The van der Waals surface area contributed by atoms with Crippen molar-refractivity contribution in [2.24, 2.45) is 5.92 Å². The number of hydrogen-bond donors (Lipinski definition) is 1. The maximum Gasteiger partial charge on any atom is 0.217 e. The smallest absolute Gasteiger partial charge is 0.217 e. The summed E-state index contributed by atoms with van der Waals surface area (Å²) in [6.45, 7) is 4.15. The van der Waals surface area contributed by atoms with E-state index >= 15 is 0 Å². The first-order valence-corrected chi connectivity index (χ1v) is 7.65. The Labute approximate surface area is 105 Å². The van der Waals surface area contributed by atoms with Crippen LogP contribution in [0.1, 0.15) is 19.8 Å². The lowest BCUT2D eigenvalue weighted by atomic mass is 10.0. The second-order valence-electron chi connectivity index (χ2n) is 4.73. The Morgan fingerprint density at radius 1 is 1.53 bits per heavy atom. The van der Waals surface area contributed by atoms with Crippen molar-refractivity contribution >= 4 is 10.0 Å². The molecule has 0 spiro atoms. The summed E-state index contributed by atoms with van der Waals surface area (Å²) >= 11 is 0. The molecule has 0 bridgehead atoms. The van der Waals surface area contributed by atoms with Crippen LogP contribution in [-0.4, -0.2) is 58.4 Å².